The van der Waals surface area contributed by atoms with Crippen LogP contribution in [0.4, 0.5) is 4.79 Å². The average molecular weight is 441 g/mol. The normalized spacial score (nSPS) is 18.6. The fourth-order valence-corrected chi connectivity index (χ4v) is 3.64. The van der Waals surface area contributed by atoms with Crippen molar-refractivity contribution in [3.8, 4) is 0 Å². The largest absolute Gasteiger partial charge is 0.444 e. The van der Waals surface area contributed by atoms with Gasteiger partial charge >= 0.3 is 6.09 Å². The topological polar surface area (TPSA) is 131 Å². The zero-order valence-electron chi connectivity index (χ0n) is 20.0. The molecule has 0 aliphatic carbocycles. The lowest BCUT2D eigenvalue weighted by Gasteiger charge is -2.30. The fourth-order valence-electron chi connectivity index (χ4n) is 3.64. The first-order valence-electron chi connectivity index (χ1n) is 11.1. The number of nitrogens with one attached hydrogen (secondary N) is 2. The SMILES string of the molecule is CC(C)C[C@H](NC(=O)OC(C)(C)C)C(=O)N[C@H](CC(C)C)C(=O)N1CCC[C@H]1C(N)=O. The number of carbonyl (C=O) groups is 4. The molecular weight excluding hydrogens is 400 g/mol. The Kier molecular flexibility index (Phi) is 9.77. The Morgan fingerprint density at radius 3 is 2.03 bits per heavy atom. The van der Waals surface area contributed by atoms with E-state index in [1.54, 1.807) is 20.8 Å². The van der Waals surface area contributed by atoms with Crippen molar-refractivity contribution in [1.82, 2.24) is 15.5 Å². The van der Waals surface area contributed by atoms with Crippen LogP contribution in [-0.4, -0.2) is 59.0 Å². The van der Waals surface area contributed by atoms with E-state index in [1.165, 1.54) is 4.90 Å². The van der Waals surface area contributed by atoms with Crippen molar-refractivity contribution in [3.05, 3.63) is 0 Å². The molecule has 0 radical (unpaired) electrons. The maximum Gasteiger partial charge on any atom is 0.408 e. The predicted octanol–water partition coefficient (Wildman–Crippen LogP) is 1.93. The molecule has 0 bridgehead atoms. The van der Waals surface area contributed by atoms with Gasteiger partial charge in [0.2, 0.25) is 17.7 Å². The second-order valence-electron chi connectivity index (χ2n) is 10.1. The van der Waals surface area contributed by atoms with Crippen LogP contribution in [0, 0.1) is 11.8 Å². The summed E-state index contributed by atoms with van der Waals surface area (Å²) in [6.07, 6.45) is 1.33. The Hall–Kier alpha value is -2.32. The molecule has 4 N–H and O–H groups in total. The van der Waals surface area contributed by atoms with Crippen LogP contribution in [0.3, 0.4) is 0 Å². The molecule has 1 heterocycles. The van der Waals surface area contributed by atoms with Gasteiger partial charge in [-0.25, -0.2) is 4.79 Å². The maximum absolute atomic E-state index is 13.2. The van der Waals surface area contributed by atoms with Crippen LogP contribution in [-0.2, 0) is 19.1 Å². The van der Waals surface area contributed by atoms with E-state index in [-0.39, 0.29) is 17.7 Å². The summed E-state index contributed by atoms with van der Waals surface area (Å²) in [4.78, 5) is 51.7. The lowest BCUT2D eigenvalue weighted by molar-refractivity contribution is -0.141. The number of primary amides is 1. The molecule has 1 aliphatic rings. The number of ether oxygens (including phenoxy) is 1. The van der Waals surface area contributed by atoms with Gasteiger partial charge in [0.05, 0.1) is 0 Å². The lowest BCUT2D eigenvalue weighted by Crippen LogP contribution is -2.57. The van der Waals surface area contributed by atoms with Crippen LogP contribution in [0.5, 0.6) is 0 Å². The van der Waals surface area contributed by atoms with Crippen LogP contribution in [0.15, 0.2) is 0 Å². The van der Waals surface area contributed by atoms with Gasteiger partial charge < -0.3 is 26.0 Å². The van der Waals surface area contributed by atoms with Crippen molar-refractivity contribution < 1.29 is 23.9 Å². The van der Waals surface area contributed by atoms with E-state index >= 15 is 0 Å². The third-order valence-corrected chi connectivity index (χ3v) is 4.90. The molecule has 9 heteroatoms. The summed E-state index contributed by atoms with van der Waals surface area (Å²) in [6, 6.07) is -2.30. The number of rotatable bonds is 9. The Bertz CT molecular complexity index is 657. The molecule has 0 saturated carbocycles. The molecule has 1 saturated heterocycles. The van der Waals surface area contributed by atoms with Crippen LogP contribution in [0.25, 0.3) is 0 Å². The number of amides is 4. The molecule has 0 unspecified atom stereocenters. The molecule has 1 fully saturated rings. The number of nitrogens with two attached hydrogens (primary N) is 1. The third-order valence-electron chi connectivity index (χ3n) is 4.90. The van der Waals surface area contributed by atoms with Gasteiger partial charge in [0.25, 0.3) is 0 Å². The lowest BCUT2D eigenvalue weighted by atomic mass is 9.99. The molecule has 4 amide bonds. The summed E-state index contributed by atoms with van der Waals surface area (Å²) >= 11 is 0. The number of likely N-dealkylation sites (tertiary alicyclic amines) is 1. The van der Waals surface area contributed by atoms with Gasteiger partial charge in [-0.1, -0.05) is 27.7 Å². The monoisotopic (exact) mass is 440 g/mol. The van der Waals surface area contributed by atoms with Crippen LogP contribution < -0.4 is 16.4 Å². The molecular formula is C22H40N4O5. The minimum Gasteiger partial charge on any atom is -0.444 e. The Morgan fingerprint density at radius 1 is 1.00 bits per heavy atom. The van der Waals surface area contributed by atoms with E-state index in [4.69, 9.17) is 10.5 Å². The van der Waals surface area contributed by atoms with Gasteiger partial charge in [-0.15, -0.1) is 0 Å². The highest BCUT2D eigenvalue weighted by Gasteiger charge is 2.37. The highest BCUT2D eigenvalue weighted by Crippen LogP contribution is 2.20. The van der Waals surface area contributed by atoms with E-state index in [1.807, 2.05) is 27.7 Å². The standard InChI is InChI=1S/C22H40N4O5/c1-13(2)11-15(25-21(30)31-22(5,6)7)19(28)24-16(12-14(3)4)20(29)26-10-8-9-17(26)18(23)27/h13-17H,8-12H2,1-7H3,(H2,23,27)(H,24,28)(H,25,30)/t15-,16+,17-/m0/s1. The van der Waals surface area contributed by atoms with Crippen molar-refractivity contribution in [2.24, 2.45) is 17.6 Å². The van der Waals surface area contributed by atoms with Crippen molar-refractivity contribution >= 4 is 23.8 Å². The number of nitrogens with zero attached hydrogens (tertiary/aromatic N) is 1. The second kappa shape index (κ2) is 11.3. The van der Waals surface area contributed by atoms with Gasteiger partial charge in [-0.05, 0) is 58.3 Å². The zero-order chi connectivity index (χ0) is 23.9. The molecule has 3 atom stereocenters. The van der Waals surface area contributed by atoms with Crippen LogP contribution >= 0.6 is 0 Å². The fraction of sp³-hybridized carbons (Fsp3) is 0.818. The zero-order valence-corrected chi connectivity index (χ0v) is 20.0. The molecule has 1 rings (SSSR count). The first-order valence-corrected chi connectivity index (χ1v) is 11.1. The number of hydrogen-bond acceptors (Lipinski definition) is 5. The number of alkyl carbamates (subject to hydrolysis) is 1. The van der Waals surface area contributed by atoms with Gasteiger partial charge in [-0.3, -0.25) is 14.4 Å². The van der Waals surface area contributed by atoms with E-state index in [2.05, 4.69) is 10.6 Å². The number of carbonyl (C=O) groups excluding carboxylic acids is 4. The quantitative estimate of drug-likeness (QED) is 0.504. The van der Waals surface area contributed by atoms with Crippen molar-refractivity contribution in [1.29, 1.82) is 0 Å². The minimum absolute atomic E-state index is 0.128. The summed E-state index contributed by atoms with van der Waals surface area (Å²) in [6.45, 7) is 13.4. The predicted molar refractivity (Wildman–Crippen MR) is 118 cm³/mol. The van der Waals surface area contributed by atoms with E-state index in [0.717, 1.165) is 0 Å². The van der Waals surface area contributed by atoms with Crippen LogP contribution in [0.2, 0.25) is 0 Å². The highest BCUT2D eigenvalue weighted by atomic mass is 16.6. The Balaban J connectivity index is 2.98. The van der Waals surface area contributed by atoms with E-state index in [9.17, 15) is 19.2 Å². The molecule has 9 nitrogen and oxygen atoms in total. The molecule has 1 aliphatic heterocycles. The molecule has 0 aromatic carbocycles. The molecule has 0 spiro atoms. The van der Waals surface area contributed by atoms with Gasteiger partial charge in [0.1, 0.15) is 23.7 Å². The first-order chi connectivity index (χ1) is 14.2. The molecule has 0 aromatic heterocycles. The van der Waals surface area contributed by atoms with Crippen molar-refractivity contribution in [2.75, 3.05) is 6.54 Å². The van der Waals surface area contributed by atoms with Crippen LogP contribution in [0.1, 0.15) is 74.1 Å². The molecule has 31 heavy (non-hydrogen) atoms. The van der Waals surface area contributed by atoms with Gasteiger partial charge in [-0.2, -0.15) is 0 Å². The summed E-state index contributed by atoms with van der Waals surface area (Å²) < 4.78 is 5.28. The average Bonchev–Trinajstić information content (AvgIpc) is 3.07. The molecule has 178 valence electrons. The van der Waals surface area contributed by atoms with Crippen molar-refractivity contribution in [2.45, 2.75) is 97.9 Å². The summed E-state index contributed by atoms with van der Waals surface area (Å²) in [5.41, 5.74) is 4.76. The van der Waals surface area contributed by atoms with E-state index < -0.39 is 41.6 Å². The number of hydrogen-bond donors (Lipinski definition) is 3. The Morgan fingerprint density at radius 2 is 1.55 bits per heavy atom. The maximum atomic E-state index is 13.2. The smallest absolute Gasteiger partial charge is 0.408 e. The summed E-state index contributed by atoms with van der Waals surface area (Å²) in [5, 5.41) is 5.43. The molecule has 0 aromatic rings. The van der Waals surface area contributed by atoms with Gasteiger partial charge in [0, 0.05) is 6.54 Å². The summed E-state index contributed by atoms with van der Waals surface area (Å²) in [5.74, 6) is -1.05. The summed E-state index contributed by atoms with van der Waals surface area (Å²) in [7, 11) is 0. The highest BCUT2D eigenvalue weighted by molar-refractivity contribution is 5.93. The minimum atomic E-state index is -0.845. The van der Waals surface area contributed by atoms with Gasteiger partial charge in [0.15, 0.2) is 0 Å². The van der Waals surface area contributed by atoms with E-state index in [0.29, 0.717) is 32.2 Å². The first kappa shape index (κ1) is 26.7. The third kappa shape index (κ3) is 9.14. The van der Waals surface area contributed by atoms with Crippen molar-refractivity contribution in [3.63, 3.8) is 0 Å². The Labute approximate surface area is 185 Å². The second-order valence-corrected chi connectivity index (χ2v) is 10.1.